The fourth-order valence-corrected chi connectivity index (χ4v) is 1.70. The van der Waals surface area contributed by atoms with Crippen molar-refractivity contribution >= 4 is 29.1 Å². The van der Waals surface area contributed by atoms with Gasteiger partial charge in [0.25, 0.3) is 5.91 Å². The number of benzene rings is 1. The lowest BCUT2D eigenvalue weighted by molar-refractivity contribution is 0.0942. The Bertz CT molecular complexity index is 362. The van der Waals surface area contributed by atoms with E-state index in [4.69, 9.17) is 28.3 Å². The molecule has 0 radical (unpaired) electrons. The van der Waals surface area contributed by atoms with E-state index in [0.29, 0.717) is 16.6 Å². The second-order valence-electron chi connectivity index (χ2n) is 3.59. The normalized spacial score (nSPS) is 12.2. The quantitative estimate of drug-likeness (QED) is 0.875. The largest absolute Gasteiger partial charge is 0.396 e. The van der Waals surface area contributed by atoms with E-state index in [9.17, 15) is 4.79 Å². The molecule has 16 heavy (non-hydrogen) atoms. The van der Waals surface area contributed by atoms with E-state index in [1.807, 2.05) is 6.92 Å². The summed E-state index contributed by atoms with van der Waals surface area (Å²) in [6.07, 6.45) is 0. The van der Waals surface area contributed by atoms with Gasteiger partial charge in [-0.1, -0.05) is 36.2 Å². The first kappa shape index (κ1) is 13.3. The molecule has 0 fully saturated rings. The van der Waals surface area contributed by atoms with E-state index in [0.717, 1.165) is 0 Å². The first-order valence-electron chi connectivity index (χ1n) is 4.89. The number of hydrogen-bond acceptors (Lipinski definition) is 2. The number of nitrogens with one attached hydrogen (secondary N) is 1. The lowest BCUT2D eigenvalue weighted by Gasteiger charge is -2.11. The van der Waals surface area contributed by atoms with Crippen LogP contribution < -0.4 is 5.32 Å². The van der Waals surface area contributed by atoms with Gasteiger partial charge in [0.15, 0.2) is 0 Å². The van der Waals surface area contributed by atoms with Crippen LogP contribution in [-0.2, 0) is 0 Å². The summed E-state index contributed by atoms with van der Waals surface area (Å²) in [5, 5.41) is 12.1. The van der Waals surface area contributed by atoms with Gasteiger partial charge in [-0.3, -0.25) is 4.79 Å². The Morgan fingerprint density at radius 2 is 2.00 bits per heavy atom. The summed E-state index contributed by atoms with van der Waals surface area (Å²) in [6.45, 7) is 2.24. The number of carbonyl (C=O) groups excluding carboxylic acids is 1. The van der Waals surface area contributed by atoms with Crippen molar-refractivity contribution in [2.24, 2.45) is 5.92 Å². The number of hydrogen-bond donors (Lipinski definition) is 2. The summed E-state index contributed by atoms with van der Waals surface area (Å²) >= 11 is 11.8. The Morgan fingerprint density at radius 3 is 2.50 bits per heavy atom. The van der Waals surface area contributed by atoms with Crippen molar-refractivity contribution in [1.29, 1.82) is 0 Å². The molecule has 3 nitrogen and oxygen atoms in total. The van der Waals surface area contributed by atoms with Crippen LogP contribution in [0.3, 0.4) is 0 Å². The summed E-state index contributed by atoms with van der Waals surface area (Å²) in [5.74, 6) is -0.318. The summed E-state index contributed by atoms with van der Waals surface area (Å²) in [7, 11) is 0. The molecule has 1 amide bonds. The number of aliphatic hydroxyl groups is 1. The van der Waals surface area contributed by atoms with Crippen LogP contribution in [0.5, 0.6) is 0 Å². The number of carbonyl (C=O) groups is 1. The maximum absolute atomic E-state index is 11.7. The minimum absolute atomic E-state index is 0.00483. The maximum Gasteiger partial charge on any atom is 0.254 e. The van der Waals surface area contributed by atoms with E-state index in [1.165, 1.54) is 0 Å². The van der Waals surface area contributed by atoms with Crippen molar-refractivity contribution in [3.63, 3.8) is 0 Å². The Morgan fingerprint density at radius 1 is 1.44 bits per heavy atom. The molecule has 2 N–H and O–H groups in total. The van der Waals surface area contributed by atoms with Gasteiger partial charge in [0, 0.05) is 13.2 Å². The number of aliphatic hydroxyl groups excluding tert-OH is 1. The van der Waals surface area contributed by atoms with Crippen molar-refractivity contribution in [2.75, 3.05) is 13.2 Å². The molecule has 0 aliphatic rings. The Labute approximate surface area is 104 Å². The van der Waals surface area contributed by atoms with Gasteiger partial charge >= 0.3 is 0 Å². The van der Waals surface area contributed by atoms with Gasteiger partial charge in [-0.25, -0.2) is 0 Å². The molecule has 1 aromatic carbocycles. The summed E-state index contributed by atoms with van der Waals surface area (Å²) in [5.41, 5.74) is 0.274. The molecule has 0 bridgehead atoms. The lowest BCUT2D eigenvalue weighted by Crippen LogP contribution is -2.29. The predicted octanol–water partition coefficient (Wildman–Crippen LogP) is 2.35. The van der Waals surface area contributed by atoms with Gasteiger partial charge in [0.1, 0.15) is 0 Å². The van der Waals surface area contributed by atoms with Crippen LogP contribution in [0.2, 0.25) is 10.0 Å². The Balaban J connectivity index is 2.73. The van der Waals surface area contributed by atoms with Crippen LogP contribution in [0.4, 0.5) is 0 Å². The molecule has 1 aromatic rings. The SMILES string of the molecule is CC(CO)CNC(=O)c1c(Cl)cccc1Cl. The second kappa shape index (κ2) is 6.09. The molecular weight excluding hydrogens is 249 g/mol. The van der Waals surface area contributed by atoms with Crippen molar-refractivity contribution in [3.8, 4) is 0 Å². The second-order valence-corrected chi connectivity index (χ2v) is 4.41. The van der Waals surface area contributed by atoms with Crippen molar-refractivity contribution in [1.82, 2.24) is 5.32 Å². The molecule has 0 aliphatic carbocycles. The van der Waals surface area contributed by atoms with E-state index in [-0.39, 0.29) is 24.0 Å². The summed E-state index contributed by atoms with van der Waals surface area (Å²) < 4.78 is 0. The van der Waals surface area contributed by atoms with Crippen molar-refractivity contribution < 1.29 is 9.90 Å². The van der Waals surface area contributed by atoms with Crippen LogP contribution in [-0.4, -0.2) is 24.2 Å². The average molecular weight is 262 g/mol. The molecule has 0 aliphatic heterocycles. The zero-order valence-electron chi connectivity index (χ0n) is 8.84. The third-order valence-electron chi connectivity index (χ3n) is 2.11. The van der Waals surface area contributed by atoms with Gasteiger partial charge < -0.3 is 10.4 Å². The van der Waals surface area contributed by atoms with Crippen LogP contribution in [0.1, 0.15) is 17.3 Å². The minimum Gasteiger partial charge on any atom is -0.396 e. The fourth-order valence-electron chi connectivity index (χ4n) is 1.13. The third kappa shape index (κ3) is 3.37. The van der Waals surface area contributed by atoms with Gasteiger partial charge in [-0.15, -0.1) is 0 Å². The molecule has 0 saturated heterocycles. The molecule has 1 unspecified atom stereocenters. The smallest absolute Gasteiger partial charge is 0.254 e. The van der Waals surface area contributed by atoms with Gasteiger partial charge in [0.05, 0.1) is 15.6 Å². The lowest BCUT2D eigenvalue weighted by atomic mass is 10.1. The van der Waals surface area contributed by atoms with Crippen molar-refractivity contribution in [3.05, 3.63) is 33.8 Å². The highest BCUT2D eigenvalue weighted by atomic mass is 35.5. The van der Waals surface area contributed by atoms with E-state index in [1.54, 1.807) is 18.2 Å². The summed E-state index contributed by atoms with van der Waals surface area (Å²) in [6, 6.07) is 4.90. The Kier molecular flexibility index (Phi) is 5.06. The molecule has 1 rings (SSSR count). The minimum atomic E-state index is -0.323. The van der Waals surface area contributed by atoms with Crippen molar-refractivity contribution in [2.45, 2.75) is 6.92 Å². The fraction of sp³-hybridized carbons (Fsp3) is 0.364. The average Bonchev–Trinajstić information content (AvgIpc) is 2.25. The first-order valence-corrected chi connectivity index (χ1v) is 5.65. The highest BCUT2D eigenvalue weighted by molar-refractivity contribution is 6.39. The van der Waals surface area contributed by atoms with Gasteiger partial charge in [-0.2, -0.15) is 0 Å². The topological polar surface area (TPSA) is 49.3 Å². The molecule has 0 aromatic heterocycles. The molecule has 0 spiro atoms. The molecule has 88 valence electrons. The monoisotopic (exact) mass is 261 g/mol. The predicted molar refractivity (Wildman–Crippen MR) is 65.0 cm³/mol. The van der Waals surface area contributed by atoms with Crippen LogP contribution in [0.25, 0.3) is 0 Å². The number of rotatable bonds is 4. The van der Waals surface area contributed by atoms with E-state index in [2.05, 4.69) is 5.32 Å². The first-order chi connectivity index (χ1) is 7.56. The highest BCUT2D eigenvalue weighted by Crippen LogP contribution is 2.23. The van der Waals surface area contributed by atoms with E-state index >= 15 is 0 Å². The molecule has 0 heterocycles. The van der Waals surface area contributed by atoms with Crippen LogP contribution in [0.15, 0.2) is 18.2 Å². The van der Waals surface area contributed by atoms with Gasteiger partial charge in [0.2, 0.25) is 0 Å². The van der Waals surface area contributed by atoms with E-state index < -0.39 is 0 Å². The highest BCUT2D eigenvalue weighted by Gasteiger charge is 2.14. The Hall–Kier alpha value is -0.770. The summed E-state index contributed by atoms with van der Waals surface area (Å²) in [4.78, 5) is 11.7. The maximum atomic E-state index is 11.7. The standard InChI is InChI=1S/C11H13Cl2NO2/c1-7(6-15)5-14-11(16)10-8(12)3-2-4-9(10)13/h2-4,7,15H,5-6H2,1H3,(H,14,16). The number of amides is 1. The zero-order chi connectivity index (χ0) is 12.1. The molecule has 1 atom stereocenters. The zero-order valence-corrected chi connectivity index (χ0v) is 10.3. The van der Waals surface area contributed by atoms with Gasteiger partial charge in [-0.05, 0) is 18.1 Å². The van der Waals surface area contributed by atoms with Crippen LogP contribution >= 0.6 is 23.2 Å². The van der Waals surface area contributed by atoms with Crippen LogP contribution in [0, 0.1) is 5.92 Å². The molecule has 5 heteroatoms. The third-order valence-corrected chi connectivity index (χ3v) is 2.74. The number of halogens is 2. The molecule has 0 saturated carbocycles. The molecular formula is C11H13Cl2NO2.